The molecule has 4 nitrogen and oxygen atoms in total. The van der Waals surface area contributed by atoms with Crippen LogP contribution >= 0.6 is 11.6 Å². The van der Waals surface area contributed by atoms with Crippen molar-refractivity contribution < 1.29 is 9.15 Å². The van der Waals surface area contributed by atoms with E-state index in [0.29, 0.717) is 24.3 Å². The first-order chi connectivity index (χ1) is 8.28. The Morgan fingerprint density at radius 1 is 1.35 bits per heavy atom. The molecule has 0 radical (unpaired) electrons. The average Bonchev–Trinajstić information content (AvgIpc) is 2.75. The van der Waals surface area contributed by atoms with Gasteiger partial charge in [0.05, 0.1) is 25.0 Å². The second-order valence-electron chi connectivity index (χ2n) is 3.38. The van der Waals surface area contributed by atoms with Crippen molar-refractivity contribution in [1.29, 1.82) is 0 Å². The Balaban J connectivity index is 1.90. The molecule has 0 unspecified atom stereocenters. The van der Waals surface area contributed by atoms with Crippen LogP contribution in [0.25, 0.3) is 0 Å². The van der Waals surface area contributed by atoms with Crippen molar-refractivity contribution in [2.45, 2.75) is 13.5 Å². The first kappa shape index (κ1) is 11.8. The molecule has 0 saturated heterocycles. The average molecular weight is 253 g/mol. The van der Waals surface area contributed by atoms with Crippen LogP contribution in [0.4, 0.5) is 5.69 Å². The Kier molecular flexibility index (Phi) is 3.88. The highest BCUT2D eigenvalue weighted by molar-refractivity contribution is 6.28. The summed E-state index contributed by atoms with van der Waals surface area (Å²) in [5.41, 5.74) is 0.904. The van der Waals surface area contributed by atoms with Crippen LogP contribution in [0, 0.1) is 0 Å². The molecule has 2 heterocycles. The first-order valence-corrected chi connectivity index (χ1v) is 5.72. The van der Waals surface area contributed by atoms with Gasteiger partial charge in [-0.2, -0.15) is 0 Å². The molecule has 0 aromatic carbocycles. The maximum atomic E-state index is 5.67. The maximum Gasteiger partial charge on any atom is 0.213 e. The number of nitrogens with one attached hydrogen (secondary N) is 1. The van der Waals surface area contributed by atoms with Crippen molar-refractivity contribution in [1.82, 2.24) is 4.98 Å². The third-order valence-corrected chi connectivity index (χ3v) is 2.33. The van der Waals surface area contributed by atoms with Gasteiger partial charge in [0.2, 0.25) is 5.88 Å². The zero-order valence-electron chi connectivity index (χ0n) is 9.44. The van der Waals surface area contributed by atoms with Gasteiger partial charge in [-0.05, 0) is 36.7 Å². The quantitative estimate of drug-likeness (QED) is 0.887. The van der Waals surface area contributed by atoms with E-state index in [9.17, 15) is 0 Å². The third-order valence-electron chi connectivity index (χ3n) is 2.12. The lowest BCUT2D eigenvalue weighted by Crippen LogP contribution is -1.99. The monoisotopic (exact) mass is 252 g/mol. The Labute approximate surface area is 105 Å². The molecule has 90 valence electrons. The zero-order chi connectivity index (χ0) is 12.1. The number of hydrogen-bond acceptors (Lipinski definition) is 4. The fourth-order valence-corrected chi connectivity index (χ4v) is 1.52. The molecule has 0 bridgehead atoms. The predicted molar refractivity (Wildman–Crippen MR) is 66.5 cm³/mol. The van der Waals surface area contributed by atoms with Crippen LogP contribution in [-0.4, -0.2) is 11.6 Å². The number of nitrogens with zero attached hydrogens (tertiary/aromatic N) is 1. The summed E-state index contributed by atoms with van der Waals surface area (Å²) in [6.45, 7) is 3.11. The number of aromatic nitrogens is 1. The molecule has 0 saturated carbocycles. The zero-order valence-corrected chi connectivity index (χ0v) is 10.2. The van der Waals surface area contributed by atoms with E-state index in [0.717, 1.165) is 11.4 Å². The van der Waals surface area contributed by atoms with Gasteiger partial charge in [-0.15, -0.1) is 0 Å². The Hall–Kier alpha value is -1.68. The van der Waals surface area contributed by atoms with Crippen molar-refractivity contribution >= 4 is 17.3 Å². The molecule has 0 fully saturated rings. The van der Waals surface area contributed by atoms with Gasteiger partial charge in [0.15, 0.2) is 5.22 Å². The molecule has 17 heavy (non-hydrogen) atoms. The summed E-state index contributed by atoms with van der Waals surface area (Å²) in [6.07, 6.45) is 1.72. The van der Waals surface area contributed by atoms with Gasteiger partial charge in [-0.3, -0.25) is 0 Å². The first-order valence-electron chi connectivity index (χ1n) is 5.35. The smallest absolute Gasteiger partial charge is 0.213 e. The standard InChI is InChI=1S/C12H13ClN2O2/c1-2-16-12-6-3-9(7-15-12)14-8-10-4-5-11(13)17-10/h3-7,14H,2,8H2,1H3. The minimum atomic E-state index is 0.395. The molecule has 0 atom stereocenters. The van der Waals surface area contributed by atoms with E-state index in [4.69, 9.17) is 20.8 Å². The van der Waals surface area contributed by atoms with Gasteiger partial charge in [0, 0.05) is 6.07 Å². The normalized spacial score (nSPS) is 10.2. The predicted octanol–water partition coefficient (Wildman–Crippen LogP) is 3.34. The maximum absolute atomic E-state index is 5.67. The molecule has 2 aromatic rings. The Morgan fingerprint density at radius 2 is 2.24 bits per heavy atom. The van der Waals surface area contributed by atoms with Crippen LogP contribution in [0.3, 0.4) is 0 Å². The third kappa shape index (κ3) is 3.39. The molecular formula is C12H13ClN2O2. The van der Waals surface area contributed by atoms with Crippen molar-refractivity contribution in [3.63, 3.8) is 0 Å². The molecule has 0 spiro atoms. The lowest BCUT2D eigenvalue weighted by molar-refractivity contribution is 0.327. The fourth-order valence-electron chi connectivity index (χ4n) is 1.35. The molecule has 0 aliphatic heterocycles. The summed E-state index contributed by atoms with van der Waals surface area (Å²) in [5.74, 6) is 1.41. The molecule has 5 heteroatoms. The molecule has 2 rings (SSSR count). The van der Waals surface area contributed by atoms with E-state index in [2.05, 4.69) is 10.3 Å². The van der Waals surface area contributed by atoms with Crippen LogP contribution in [-0.2, 0) is 6.54 Å². The second-order valence-corrected chi connectivity index (χ2v) is 3.75. The lowest BCUT2D eigenvalue weighted by atomic mass is 10.4. The minimum Gasteiger partial charge on any atom is -0.478 e. The molecule has 0 aliphatic rings. The SMILES string of the molecule is CCOc1ccc(NCc2ccc(Cl)o2)cn1. The Bertz CT molecular complexity index is 468. The number of ether oxygens (including phenoxy) is 1. The second kappa shape index (κ2) is 5.59. The summed E-state index contributed by atoms with van der Waals surface area (Å²) in [5, 5.41) is 3.57. The van der Waals surface area contributed by atoms with Gasteiger partial charge in [0.25, 0.3) is 0 Å². The highest BCUT2D eigenvalue weighted by Gasteiger charge is 2.00. The van der Waals surface area contributed by atoms with E-state index in [1.54, 1.807) is 12.3 Å². The van der Waals surface area contributed by atoms with Gasteiger partial charge in [-0.25, -0.2) is 4.98 Å². The molecule has 2 aromatic heterocycles. The summed E-state index contributed by atoms with van der Waals surface area (Å²) in [6, 6.07) is 7.27. The number of anilines is 1. The van der Waals surface area contributed by atoms with Gasteiger partial charge >= 0.3 is 0 Å². The molecular weight excluding hydrogens is 240 g/mol. The van der Waals surface area contributed by atoms with Crippen molar-refractivity contribution in [3.8, 4) is 5.88 Å². The van der Waals surface area contributed by atoms with E-state index in [-0.39, 0.29) is 0 Å². The van der Waals surface area contributed by atoms with E-state index < -0.39 is 0 Å². The summed E-state index contributed by atoms with van der Waals surface area (Å²) in [4.78, 5) is 4.14. The van der Waals surface area contributed by atoms with Gasteiger partial charge in [0.1, 0.15) is 5.76 Å². The molecule has 1 N–H and O–H groups in total. The van der Waals surface area contributed by atoms with Crippen molar-refractivity contribution in [2.75, 3.05) is 11.9 Å². The number of pyridine rings is 1. The number of halogens is 1. The van der Waals surface area contributed by atoms with E-state index >= 15 is 0 Å². The fraction of sp³-hybridized carbons (Fsp3) is 0.250. The summed E-state index contributed by atoms with van der Waals surface area (Å²) < 4.78 is 10.5. The number of rotatable bonds is 5. The minimum absolute atomic E-state index is 0.395. The largest absolute Gasteiger partial charge is 0.478 e. The van der Waals surface area contributed by atoms with Gasteiger partial charge in [-0.1, -0.05) is 0 Å². The number of hydrogen-bond donors (Lipinski definition) is 1. The van der Waals surface area contributed by atoms with Crippen LogP contribution in [0.15, 0.2) is 34.9 Å². The topological polar surface area (TPSA) is 47.3 Å². The highest BCUT2D eigenvalue weighted by atomic mass is 35.5. The molecule has 0 aliphatic carbocycles. The van der Waals surface area contributed by atoms with Crippen LogP contribution < -0.4 is 10.1 Å². The Morgan fingerprint density at radius 3 is 2.82 bits per heavy atom. The summed E-state index contributed by atoms with van der Waals surface area (Å²) >= 11 is 5.67. The lowest BCUT2D eigenvalue weighted by Gasteiger charge is -2.05. The van der Waals surface area contributed by atoms with E-state index in [1.807, 2.05) is 25.1 Å². The highest BCUT2D eigenvalue weighted by Crippen LogP contribution is 2.16. The van der Waals surface area contributed by atoms with Crippen molar-refractivity contribution in [2.24, 2.45) is 0 Å². The van der Waals surface area contributed by atoms with Gasteiger partial charge < -0.3 is 14.5 Å². The number of furan rings is 1. The van der Waals surface area contributed by atoms with Crippen LogP contribution in [0.2, 0.25) is 5.22 Å². The van der Waals surface area contributed by atoms with E-state index in [1.165, 1.54) is 0 Å². The van der Waals surface area contributed by atoms with Crippen LogP contribution in [0.5, 0.6) is 5.88 Å². The van der Waals surface area contributed by atoms with Crippen LogP contribution in [0.1, 0.15) is 12.7 Å². The molecule has 0 amide bonds. The van der Waals surface area contributed by atoms with Crippen molar-refractivity contribution in [3.05, 3.63) is 41.4 Å². The summed E-state index contributed by atoms with van der Waals surface area (Å²) in [7, 11) is 0.